The molecule has 1 aliphatic rings. The fourth-order valence-electron chi connectivity index (χ4n) is 2.74. The Morgan fingerprint density at radius 2 is 2.05 bits per heavy atom. The van der Waals surface area contributed by atoms with Crippen LogP contribution in [0.2, 0.25) is 0 Å². The first kappa shape index (κ1) is 17.9. The Hall–Kier alpha value is -1.13. The van der Waals surface area contributed by atoms with Gasteiger partial charge < -0.3 is 10.2 Å². The van der Waals surface area contributed by atoms with Gasteiger partial charge in [0.2, 0.25) is 0 Å². The lowest BCUT2D eigenvalue weighted by Gasteiger charge is -2.32. The second-order valence-electron chi connectivity index (χ2n) is 5.61. The van der Waals surface area contributed by atoms with Gasteiger partial charge in [0.05, 0.1) is 5.56 Å². The van der Waals surface area contributed by atoms with Gasteiger partial charge in [-0.3, -0.25) is 4.79 Å². The van der Waals surface area contributed by atoms with E-state index < -0.39 is 5.82 Å². The average molecular weight is 315 g/mol. The molecule has 118 valence electrons. The number of rotatable bonds is 4. The minimum Gasteiger partial charge on any atom is -0.339 e. The van der Waals surface area contributed by atoms with Crippen molar-refractivity contribution in [3.8, 4) is 0 Å². The van der Waals surface area contributed by atoms with Crippen LogP contribution >= 0.6 is 12.4 Å². The van der Waals surface area contributed by atoms with Gasteiger partial charge in [0.15, 0.2) is 0 Å². The molecule has 1 saturated heterocycles. The van der Waals surface area contributed by atoms with Gasteiger partial charge in [-0.2, -0.15) is 0 Å². The Kier molecular flexibility index (Phi) is 7.12. The Labute approximate surface area is 132 Å². The summed E-state index contributed by atoms with van der Waals surface area (Å²) in [7, 11) is 1.96. The van der Waals surface area contributed by atoms with Crippen molar-refractivity contribution in [2.75, 3.05) is 26.7 Å². The lowest BCUT2D eigenvalue weighted by Crippen LogP contribution is -2.39. The summed E-state index contributed by atoms with van der Waals surface area (Å²) < 4.78 is 13.8. The quantitative estimate of drug-likeness (QED) is 0.926. The average Bonchev–Trinajstić information content (AvgIpc) is 2.45. The first-order chi connectivity index (χ1) is 9.61. The fraction of sp³-hybridized carbons (Fsp3) is 0.562. The van der Waals surface area contributed by atoms with Gasteiger partial charge in [-0.05, 0) is 63.4 Å². The molecule has 1 fully saturated rings. The summed E-state index contributed by atoms with van der Waals surface area (Å²) >= 11 is 0. The van der Waals surface area contributed by atoms with Crippen LogP contribution in [0.4, 0.5) is 4.39 Å². The second-order valence-corrected chi connectivity index (χ2v) is 5.61. The molecule has 1 heterocycles. The van der Waals surface area contributed by atoms with Crippen LogP contribution in [0, 0.1) is 18.7 Å². The molecule has 0 atom stereocenters. The van der Waals surface area contributed by atoms with Crippen molar-refractivity contribution in [3.05, 3.63) is 35.1 Å². The number of halogens is 2. The number of piperidine rings is 1. The molecule has 0 aliphatic carbocycles. The number of amides is 1. The third-order valence-electron chi connectivity index (χ3n) is 4.06. The first-order valence-corrected chi connectivity index (χ1v) is 7.32. The van der Waals surface area contributed by atoms with Gasteiger partial charge in [0, 0.05) is 13.1 Å². The monoisotopic (exact) mass is 314 g/mol. The number of hydrogen-bond acceptors (Lipinski definition) is 2. The smallest absolute Gasteiger partial charge is 0.256 e. The molecular weight excluding hydrogens is 291 g/mol. The van der Waals surface area contributed by atoms with E-state index in [0.717, 1.165) is 44.5 Å². The Balaban J connectivity index is 0.00000220. The van der Waals surface area contributed by atoms with Crippen molar-refractivity contribution < 1.29 is 9.18 Å². The molecule has 0 bridgehead atoms. The van der Waals surface area contributed by atoms with Crippen molar-refractivity contribution in [2.45, 2.75) is 26.2 Å². The summed E-state index contributed by atoms with van der Waals surface area (Å²) in [4.78, 5) is 14.1. The molecule has 1 aliphatic heterocycles. The van der Waals surface area contributed by atoms with Crippen LogP contribution in [-0.2, 0) is 0 Å². The maximum Gasteiger partial charge on any atom is 0.256 e. The zero-order valence-corrected chi connectivity index (χ0v) is 13.5. The van der Waals surface area contributed by atoms with Crippen LogP contribution in [0.25, 0.3) is 0 Å². The number of carbonyl (C=O) groups is 1. The number of nitrogens with one attached hydrogen (secondary N) is 1. The molecule has 0 saturated carbocycles. The predicted octanol–water partition coefficient (Wildman–Crippen LogP) is 3.02. The van der Waals surface area contributed by atoms with Gasteiger partial charge in [-0.15, -0.1) is 12.4 Å². The van der Waals surface area contributed by atoms with E-state index in [1.54, 1.807) is 17.0 Å². The summed E-state index contributed by atoms with van der Waals surface area (Å²) in [5.41, 5.74) is 1.04. The van der Waals surface area contributed by atoms with E-state index >= 15 is 0 Å². The summed E-state index contributed by atoms with van der Waals surface area (Å²) in [6.07, 6.45) is 3.18. The van der Waals surface area contributed by atoms with E-state index in [-0.39, 0.29) is 23.9 Å². The normalized spacial score (nSPS) is 15.7. The minimum absolute atomic E-state index is 0. The lowest BCUT2D eigenvalue weighted by atomic mass is 9.93. The molecule has 1 aromatic rings. The summed E-state index contributed by atoms with van der Waals surface area (Å²) in [6, 6.07) is 4.81. The number of likely N-dealkylation sites (tertiary alicyclic amines) is 1. The molecule has 3 nitrogen and oxygen atoms in total. The maximum absolute atomic E-state index is 13.8. The highest BCUT2D eigenvalue weighted by atomic mass is 35.5. The van der Waals surface area contributed by atoms with E-state index in [1.165, 1.54) is 6.07 Å². The zero-order valence-electron chi connectivity index (χ0n) is 12.7. The summed E-state index contributed by atoms with van der Waals surface area (Å²) in [5, 5.41) is 3.16. The topological polar surface area (TPSA) is 32.3 Å². The number of carbonyl (C=O) groups excluding carboxylic acids is 1. The van der Waals surface area contributed by atoms with Crippen molar-refractivity contribution >= 4 is 18.3 Å². The molecule has 5 heteroatoms. The SMILES string of the molecule is CNCCC1CCN(C(=O)c2ccc(C)cc2F)CC1.Cl. The number of nitrogens with zero attached hydrogens (tertiary/aromatic N) is 1. The Morgan fingerprint density at radius 3 is 2.62 bits per heavy atom. The van der Waals surface area contributed by atoms with Gasteiger partial charge in [-0.25, -0.2) is 4.39 Å². The van der Waals surface area contributed by atoms with Crippen LogP contribution in [0.1, 0.15) is 35.2 Å². The summed E-state index contributed by atoms with van der Waals surface area (Å²) in [6.45, 7) is 4.32. The van der Waals surface area contributed by atoms with Crippen LogP contribution in [0.15, 0.2) is 18.2 Å². The van der Waals surface area contributed by atoms with E-state index in [4.69, 9.17) is 0 Å². The first-order valence-electron chi connectivity index (χ1n) is 7.32. The molecule has 0 unspecified atom stereocenters. The summed E-state index contributed by atoms with van der Waals surface area (Å²) in [5.74, 6) is 0.0937. The van der Waals surface area contributed by atoms with E-state index in [9.17, 15) is 9.18 Å². The molecule has 0 aromatic heterocycles. The van der Waals surface area contributed by atoms with Crippen LogP contribution in [-0.4, -0.2) is 37.5 Å². The second kappa shape index (κ2) is 8.35. The molecule has 2 rings (SSSR count). The largest absolute Gasteiger partial charge is 0.339 e. The van der Waals surface area contributed by atoms with Crippen molar-refractivity contribution in [2.24, 2.45) is 5.92 Å². The zero-order chi connectivity index (χ0) is 14.5. The van der Waals surface area contributed by atoms with Crippen molar-refractivity contribution in [1.29, 1.82) is 0 Å². The maximum atomic E-state index is 13.8. The van der Waals surface area contributed by atoms with Crippen molar-refractivity contribution in [3.63, 3.8) is 0 Å². The van der Waals surface area contributed by atoms with Gasteiger partial charge in [0.1, 0.15) is 5.82 Å². The van der Waals surface area contributed by atoms with E-state index in [2.05, 4.69) is 5.32 Å². The van der Waals surface area contributed by atoms with Gasteiger partial charge in [0.25, 0.3) is 5.91 Å². The fourth-order valence-corrected chi connectivity index (χ4v) is 2.74. The highest BCUT2D eigenvalue weighted by Gasteiger charge is 2.24. The van der Waals surface area contributed by atoms with Gasteiger partial charge in [-0.1, -0.05) is 6.07 Å². The van der Waals surface area contributed by atoms with Crippen LogP contribution in [0.5, 0.6) is 0 Å². The number of aryl methyl sites for hydroxylation is 1. The Bertz CT molecular complexity index is 473. The van der Waals surface area contributed by atoms with E-state index in [1.807, 2.05) is 14.0 Å². The number of hydrogen-bond donors (Lipinski definition) is 1. The molecule has 1 aromatic carbocycles. The van der Waals surface area contributed by atoms with Gasteiger partial charge >= 0.3 is 0 Å². The highest BCUT2D eigenvalue weighted by Crippen LogP contribution is 2.22. The molecule has 0 radical (unpaired) electrons. The lowest BCUT2D eigenvalue weighted by molar-refractivity contribution is 0.0682. The molecule has 1 amide bonds. The Morgan fingerprint density at radius 1 is 1.38 bits per heavy atom. The predicted molar refractivity (Wildman–Crippen MR) is 85.6 cm³/mol. The molecular formula is C16H24ClFN2O. The molecule has 1 N–H and O–H groups in total. The number of benzene rings is 1. The van der Waals surface area contributed by atoms with Crippen molar-refractivity contribution in [1.82, 2.24) is 10.2 Å². The van der Waals surface area contributed by atoms with E-state index in [0.29, 0.717) is 5.92 Å². The third-order valence-corrected chi connectivity index (χ3v) is 4.06. The molecule has 0 spiro atoms. The molecule has 21 heavy (non-hydrogen) atoms. The third kappa shape index (κ3) is 4.68. The highest BCUT2D eigenvalue weighted by molar-refractivity contribution is 5.94. The van der Waals surface area contributed by atoms with Crippen LogP contribution < -0.4 is 5.32 Å². The minimum atomic E-state index is -0.410. The standard InChI is InChI=1S/C16H23FN2O.ClH/c1-12-3-4-14(15(17)11-12)16(20)19-9-6-13(7-10-19)5-8-18-2;/h3-4,11,13,18H,5-10H2,1-2H3;1H. The van der Waals surface area contributed by atoms with Crippen LogP contribution in [0.3, 0.4) is 0 Å².